The molecule has 0 fully saturated rings. The third kappa shape index (κ3) is 3.23. The first kappa shape index (κ1) is 14.7. The van der Waals surface area contributed by atoms with Crippen LogP contribution in [0.25, 0.3) is 11.6 Å². The second-order valence-corrected chi connectivity index (χ2v) is 4.63. The molecule has 0 atom stereocenters. The van der Waals surface area contributed by atoms with Crippen LogP contribution in [0.5, 0.6) is 11.5 Å². The van der Waals surface area contributed by atoms with Crippen LogP contribution >= 0.6 is 0 Å². The van der Waals surface area contributed by atoms with Crippen LogP contribution in [-0.4, -0.2) is 23.3 Å². The Bertz CT molecular complexity index is 702. The van der Waals surface area contributed by atoms with E-state index in [2.05, 4.69) is 0 Å². The van der Waals surface area contributed by atoms with E-state index in [1.807, 2.05) is 13.0 Å². The largest absolute Gasteiger partial charge is 0.507 e. The van der Waals surface area contributed by atoms with Crippen molar-refractivity contribution in [2.45, 2.75) is 6.92 Å². The van der Waals surface area contributed by atoms with E-state index in [1.165, 1.54) is 19.3 Å². The van der Waals surface area contributed by atoms with E-state index in [9.17, 15) is 15.0 Å². The first-order chi connectivity index (χ1) is 10.0. The number of phenols is 1. The molecule has 0 aliphatic carbocycles. The molecule has 0 heterocycles. The summed E-state index contributed by atoms with van der Waals surface area (Å²) in [7, 11) is 1.49. The van der Waals surface area contributed by atoms with Crippen molar-refractivity contribution in [3.8, 4) is 11.5 Å². The number of methoxy groups -OCH3 is 1. The molecule has 2 aromatic rings. The summed E-state index contributed by atoms with van der Waals surface area (Å²) in [6.07, 6.45) is 1.44. The van der Waals surface area contributed by atoms with Crippen molar-refractivity contribution < 1.29 is 19.7 Å². The van der Waals surface area contributed by atoms with Gasteiger partial charge in [-0.1, -0.05) is 29.8 Å². The number of hydrogen-bond donors (Lipinski definition) is 2. The molecule has 2 aromatic carbocycles. The Kier molecular flexibility index (Phi) is 4.28. The average Bonchev–Trinajstić information content (AvgIpc) is 2.46. The molecule has 0 bridgehead atoms. The van der Waals surface area contributed by atoms with Crippen LogP contribution in [-0.2, 0) is 4.79 Å². The maximum Gasteiger partial charge on any atom is 0.336 e. The van der Waals surface area contributed by atoms with Crippen LogP contribution in [0, 0.1) is 6.92 Å². The Morgan fingerprint density at radius 2 is 1.90 bits per heavy atom. The molecule has 4 nitrogen and oxygen atoms in total. The predicted molar refractivity (Wildman–Crippen MR) is 81.3 cm³/mol. The molecule has 4 heteroatoms. The Hall–Kier alpha value is -2.75. The third-order valence-corrected chi connectivity index (χ3v) is 3.11. The highest BCUT2D eigenvalue weighted by molar-refractivity contribution is 6.21. The number of phenolic OH excluding ortho intramolecular Hbond substituents is 1. The normalized spacial score (nSPS) is 11.2. The van der Waals surface area contributed by atoms with Gasteiger partial charge in [0.15, 0.2) is 0 Å². The summed E-state index contributed by atoms with van der Waals surface area (Å²) in [5, 5.41) is 19.3. The molecule has 2 rings (SSSR count). The van der Waals surface area contributed by atoms with Crippen LogP contribution < -0.4 is 4.74 Å². The zero-order valence-electron chi connectivity index (χ0n) is 11.8. The number of carboxylic acid groups (broad SMARTS) is 1. The smallest absolute Gasteiger partial charge is 0.336 e. The van der Waals surface area contributed by atoms with Gasteiger partial charge < -0.3 is 14.9 Å². The fourth-order valence-electron chi connectivity index (χ4n) is 2.05. The summed E-state index contributed by atoms with van der Waals surface area (Å²) in [5.74, 6) is -0.574. The van der Waals surface area contributed by atoms with E-state index < -0.39 is 5.97 Å². The van der Waals surface area contributed by atoms with Gasteiger partial charge in [0.1, 0.15) is 11.5 Å². The monoisotopic (exact) mass is 284 g/mol. The average molecular weight is 284 g/mol. The van der Waals surface area contributed by atoms with Crippen molar-refractivity contribution in [2.75, 3.05) is 7.11 Å². The highest BCUT2D eigenvalue weighted by Crippen LogP contribution is 2.30. The molecule has 21 heavy (non-hydrogen) atoms. The summed E-state index contributed by atoms with van der Waals surface area (Å²) in [6.45, 7) is 1.88. The van der Waals surface area contributed by atoms with Gasteiger partial charge in [0.2, 0.25) is 0 Å². The lowest BCUT2D eigenvalue weighted by molar-refractivity contribution is -0.130. The van der Waals surface area contributed by atoms with Crippen molar-refractivity contribution in [3.63, 3.8) is 0 Å². The van der Waals surface area contributed by atoms with E-state index in [0.717, 1.165) is 5.56 Å². The van der Waals surface area contributed by atoms with Crippen LogP contribution in [0.1, 0.15) is 16.7 Å². The lowest BCUT2D eigenvalue weighted by Gasteiger charge is -2.11. The Morgan fingerprint density at radius 1 is 1.19 bits per heavy atom. The zero-order chi connectivity index (χ0) is 15.4. The van der Waals surface area contributed by atoms with E-state index in [1.54, 1.807) is 30.3 Å². The second-order valence-electron chi connectivity index (χ2n) is 4.63. The first-order valence-electron chi connectivity index (χ1n) is 6.41. The van der Waals surface area contributed by atoms with E-state index in [-0.39, 0.29) is 11.3 Å². The SMILES string of the molecule is COc1ccc(C)cc1/C(=C/c1ccccc1O)C(=O)O. The molecule has 108 valence electrons. The minimum absolute atomic E-state index is 0.0304. The third-order valence-electron chi connectivity index (χ3n) is 3.11. The molecule has 0 saturated carbocycles. The standard InChI is InChI=1S/C17H16O4/c1-11-7-8-16(21-2)13(9-11)14(17(19)20)10-12-5-3-4-6-15(12)18/h3-10,18H,1-2H3,(H,19,20)/b14-10-. The van der Waals surface area contributed by atoms with E-state index >= 15 is 0 Å². The van der Waals surface area contributed by atoms with Crippen molar-refractivity contribution in [1.82, 2.24) is 0 Å². The molecule has 0 radical (unpaired) electrons. The number of benzene rings is 2. The molecular weight excluding hydrogens is 268 g/mol. The number of aryl methyl sites for hydroxylation is 1. The van der Waals surface area contributed by atoms with Gasteiger partial charge in [0, 0.05) is 11.1 Å². The number of ether oxygens (including phenoxy) is 1. The van der Waals surface area contributed by atoms with Gasteiger partial charge in [-0.2, -0.15) is 0 Å². The fraction of sp³-hybridized carbons (Fsp3) is 0.118. The fourth-order valence-corrected chi connectivity index (χ4v) is 2.05. The number of hydrogen-bond acceptors (Lipinski definition) is 3. The van der Waals surface area contributed by atoms with Crippen LogP contribution in [0.2, 0.25) is 0 Å². The maximum absolute atomic E-state index is 11.6. The van der Waals surface area contributed by atoms with Crippen molar-refractivity contribution in [3.05, 3.63) is 59.2 Å². The second kappa shape index (κ2) is 6.13. The molecule has 0 saturated heterocycles. The van der Waals surface area contributed by atoms with Crippen LogP contribution in [0.4, 0.5) is 0 Å². The van der Waals surface area contributed by atoms with Gasteiger partial charge in [-0.05, 0) is 31.2 Å². The molecule has 0 amide bonds. The number of carbonyl (C=O) groups is 1. The van der Waals surface area contributed by atoms with Crippen molar-refractivity contribution in [1.29, 1.82) is 0 Å². The molecule has 0 aliphatic heterocycles. The molecule has 2 N–H and O–H groups in total. The number of aliphatic carboxylic acids is 1. The van der Waals surface area contributed by atoms with E-state index in [4.69, 9.17) is 4.74 Å². The Labute approximate surface area is 122 Å². The van der Waals surface area contributed by atoms with Gasteiger partial charge in [-0.15, -0.1) is 0 Å². The molecule has 0 unspecified atom stereocenters. The van der Waals surface area contributed by atoms with E-state index in [0.29, 0.717) is 16.9 Å². The predicted octanol–water partition coefficient (Wildman–Crippen LogP) is 3.33. The number of carboxylic acids is 1. The molecule has 0 aliphatic rings. The summed E-state index contributed by atoms with van der Waals surface area (Å²) in [4.78, 5) is 11.6. The summed E-state index contributed by atoms with van der Waals surface area (Å²) in [6, 6.07) is 11.9. The van der Waals surface area contributed by atoms with Gasteiger partial charge in [-0.3, -0.25) is 0 Å². The van der Waals surface area contributed by atoms with Gasteiger partial charge in [0.05, 0.1) is 12.7 Å². The highest BCUT2D eigenvalue weighted by atomic mass is 16.5. The van der Waals surface area contributed by atoms with Crippen molar-refractivity contribution >= 4 is 17.6 Å². The van der Waals surface area contributed by atoms with Gasteiger partial charge in [0.25, 0.3) is 0 Å². The summed E-state index contributed by atoms with van der Waals surface area (Å²) < 4.78 is 5.23. The summed E-state index contributed by atoms with van der Waals surface area (Å²) in [5.41, 5.74) is 1.92. The van der Waals surface area contributed by atoms with Gasteiger partial charge in [-0.25, -0.2) is 4.79 Å². The minimum atomic E-state index is -1.08. The van der Waals surface area contributed by atoms with Crippen LogP contribution in [0.15, 0.2) is 42.5 Å². The van der Waals surface area contributed by atoms with Crippen LogP contribution in [0.3, 0.4) is 0 Å². The number of aromatic hydroxyl groups is 1. The maximum atomic E-state index is 11.6. The lowest BCUT2D eigenvalue weighted by atomic mass is 9.99. The quantitative estimate of drug-likeness (QED) is 0.667. The molecule has 0 aromatic heterocycles. The number of para-hydroxylation sites is 1. The lowest BCUT2D eigenvalue weighted by Crippen LogP contribution is -2.02. The topological polar surface area (TPSA) is 66.8 Å². The summed E-state index contributed by atoms with van der Waals surface area (Å²) >= 11 is 0. The number of rotatable bonds is 4. The van der Waals surface area contributed by atoms with Gasteiger partial charge >= 0.3 is 5.97 Å². The minimum Gasteiger partial charge on any atom is -0.507 e. The molecular formula is C17H16O4. The Balaban J connectivity index is 2.63. The highest BCUT2D eigenvalue weighted by Gasteiger charge is 2.16. The van der Waals surface area contributed by atoms with Crippen molar-refractivity contribution in [2.24, 2.45) is 0 Å². The molecule has 0 spiro atoms. The Morgan fingerprint density at radius 3 is 2.52 bits per heavy atom. The zero-order valence-corrected chi connectivity index (χ0v) is 11.8. The first-order valence-corrected chi connectivity index (χ1v) is 6.41.